The van der Waals surface area contributed by atoms with E-state index in [1.807, 2.05) is 0 Å². The van der Waals surface area contributed by atoms with Gasteiger partial charge in [-0.15, -0.1) is 0 Å². The molecule has 0 saturated carbocycles. The summed E-state index contributed by atoms with van der Waals surface area (Å²) in [5.41, 5.74) is -2.38. The van der Waals surface area contributed by atoms with Crippen molar-refractivity contribution in [2.45, 2.75) is 37.5 Å². The van der Waals surface area contributed by atoms with Crippen molar-refractivity contribution in [2.24, 2.45) is 0 Å². The monoisotopic (exact) mass is 260 g/mol. The number of alkyl halides is 5. The third kappa shape index (κ3) is 2.88. The van der Waals surface area contributed by atoms with Crippen LogP contribution in [0.1, 0.15) is 19.8 Å². The first-order chi connectivity index (χ1) is 7.77. The Hall–Kier alpha value is -0.850. The van der Waals surface area contributed by atoms with Crippen molar-refractivity contribution in [3.8, 4) is 0 Å². The Morgan fingerprint density at radius 3 is 2.29 bits per heavy atom. The van der Waals surface area contributed by atoms with Gasteiger partial charge in [0, 0.05) is 0 Å². The molecule has 1 rings (SSSR count). The molecule has 1 fully saturated rings. The molecule has 2 nitrogen and oxygen atoms in total. The summed E-state index contributed by atoms with van der Waals surface area (Å²) < 4.78 is 71.7. The van der Waals surface area contributed by atoms with Crippen molar-refractivity contribution in [3.05, 3.63) is 12.3 Å². The minimum absolute atomic E-state index is 0.0794. The van der Waals surface area contributed by atoms with Gasteiger partial charge in [0.05, 0.1) is 19.5 Å². The molecule has 1 aliphatic heterocycles. The van der Waals surface area contributed by atoms with Crippen LogP contribution >= 0.6 is 0 Å². The Morgan fingerprint density at radius 1 is 1.29 bits per heavy atom. The number of epoxide rings is 1. The van der Waals surface area contributed by atoms with Gasteiger partial charge in [-0.3, -0.25) is 0 Å². The highest BCUT2D eigenvalue weighted by atomic mass is 19.4. The number of allylic oxidation sites excluding steroid dienone is 1. The van der Waals surface area contributed by atoms with E-state index in [0.29, 0.717) is 0 Å². The van der Waals surface area contributed by atoms with Crippen molar-refractivity contribution in [3.63, 3.8) is 0 Å². The van der Waals surface area contributed by atoms with Gasteiger partial charge in [0.1, 0.15) is 0 Å². The molecule has 0 radical (unpaired) electrons. The second-order valence-electron chi connectivity index (χ2n) is 3.80. The van der Waals surface area contributed by atoms with Crippen LogP contribution in [0.25, 0.3) is 0 Å². The standard InChI is InChI=1S/C10H13F5O2/c1-2-5-16-6-3-4-8(7-17-8)9(11,12)10(13,14)15/h2,5H,3-4,6-7H2,1H3. The zero-order valence-electron chi connectivity index (χ0n) is 9.19. The van der Waals surface area contributed by atoms with Crippen LogP contribution in [0.15, 0.2) is 12.3 Å². The number of ether oxygens (including phenoxy) is 2. The summed E-state index contributed by atoms with van der Waals surface area (Å²) in [5.74, 6) is -4.80. The van der Waals surface area contributed by atoms with Crippen molar-refractivity contribution in [2.75, 3.05) is 13.2 Å². The Bertz CT molecular complexity index is 281. The molecule has 0 bridgehead atoms. The number of hydrogen-bond acceptors (Lipinski definition) is 2. The van der Waals surface area contributed by atoms with Crippen LogP contribution in [0, 0.1) is 0 Å². The van der Waals surface area contributed by atoms with Crippen LogP contribution in [0.5, 0.6) is 0 Å². The van der Waals surface area contributed by atoms with Crippen molar-refractivity contribution in [1.82, 2.24) is 0 Å². The first-order valence-electron chi connectivity index (χ1n) is 5.08. The van der Waals surface area contributed by atoms with E-state index in [1.165, 1.54) is 6.26 Å². The van der Waals surface area contributed by atoms with Crippen LogP contribution in [0.3, 0.4) is 0 Å². The SMILES string of the molecule is CC=COCCCC1(C(F)(F)C(F)(F)F)CO1. The lowest BCUT2D eigenvalue weighted by Gasteiger charge is -2.25. The normalized spacial score (nSPS) is 25.3. The third-order valence-electron chi connectivity index (χ3n) is 2.50. The molecule has 0 aromatic heterocycles. The maximum absolute atomic E-state index is 13.0. The molecule has 0 aromatic rings. The lowest BCUT2D eigenvalue weighted by Crippen LogP contribution is -2.49. The summed E-state index contributed by atoms with van der Waals surface area (Å²) in [4.78, 5) is 0. The molecule has 1 heterocycles. The topological polar surface area (TPSA) is 21.8 Å². The minimum Gasteiger partial charge on any atom is -0.502 e. The van der Waals surface area contributed by atoms with Gasteiger partial charge in [0.2, 0.25) is 0 Å². The Kier molecular flexibility index (Phi) is 4.01. The summed E-state index contributed by atoms with van der Waals surface area (Å²) in [5, 5.41) is 0. The van der Waals surface area contributed by atoms with Gasteiger partial charge < -0.3 is 9.47 Å². The predicted octanol–water partition coefficient (Wildman–Crippen LogP) is 3.28. The molecule has 17 heavy (non-hydrogen) atoms. The molecule has 1 unspecified atom stereocenters. The molecular weight excluding hydrogens is 247 g/mol. The average molecular weight is 260 g/mol. The summed E-state index contributed by atoms with van der Waals surface area (Å²) in [7, 11) is 0. The maximum atomic E-state index is 13.0. The molecule has 7 heteroatoms. The fraction of sp³-hybridized carbons (Fsp3) is 0.800. The number of hydrogen-bond donors (Lipinski definition) is 0. The molecule has 100 valence electrons. The van der Waals surface area contributed by atoms with E-state index in [1.54, 1.807) is 13.0 Å². The highest BCUT2D eigenvalue weighted by Crippen LogP contribution is 2.53. The first kappa shape index (κ1) is 14.2. The fourth-order valence-electron chi connectivity index (χ4n) is 1.43. The van der Waals surface area contributed by atoms with Gasteiger partial charge in [0.25, 0.3) is 0 Å². The molecule has 1 atom stereocenters. The lowest BCUT2D eigenvalue weighted by molar-refractivity contribution is -0.306. The summed E-state index contributed by atoms with van der Waals surface area (Å²) >= 11 is 0. The predicted molar refractivity (Wildman–Crippen MR) is 49.7 cm³/mol. The van der Waals surface area contributed by atoms with Gasteiger partial charge in [-0.2, -0.15) is 22.0 Å². The van der Waals surface area contributed by atoms with E-state index in [4.69, 9.17) is 4.74 Å². The lowest BCUT2D eigenvalue weighted by atomic mass is 9.96. The van der Waals surface area contributed by atoms with E-state index in [0.717, 1.165) is 0 Å². The molecule has 0 N–H and O–H groups in total. The van der Waals surface area contributed by atoms with Gasteiger partial charge in [-0.1, -0.05) is 6.08 Å². The quantitative estimate of drug-likeness (QED) is 0.316. The zero-order valence-corrected chi connectivity index (χ0v) is 9.19. The van der Waals surface area contributed by atoms with Crippen LogP contribution < -0.4 is 0 Å². The summed E-state index contributed by atoms with van der Waals surface area (Å²) in [6.45, 7) is 1.22. The number of halogens is 5. The smallest absolute Gasteiger partial charge is 0.456 e. The molecular formula is C10H13F5O2. The Balaban J connectivity index is 2.47. The number of rotatable bonds is 6. The van der Waals surface area contributed by atoms with Crippen LogP contribution in [0.2, 0.25) is 0 Å². The molecule has 1 aliphatic rings. The molecule has 0 aliphatic carbocycles. The van der Waals surface area contributed by atoms with E-state index < -0.39 is 24.3 Å². The highest BCUT2D eigenvalue weighted by Gasteiger charge is 2.76. The second-order valence-corrected chi connectivity index (χ2v) is 3.80. The van der Waals surface area contributed by atoms with Gasteiger partial charge in [-0.05, 0) is 19.8 Å². The van der Waals surface area contributed by atoms with Gasteiger partial charge >= 0.3 is 12.1 Å². The summed E-state index contributed by atoms with van der Waals surface area (Å²) in [6, 6.07) is 0. The van der Waals surface area contributed by atoms with Crippen LogP contribution in [0.4, 0.5) is 22.0 Å². The van der Waals surface area contributed by atoms with E-state index in [2.05, 4.69) is 4.74 Å². The van der Waals surface area contributed by atoms with Gasteiger partial charge in [0.15, 0.2) is 5.60 Å². The first-order valence-corrected chi connectivity index (χ1v) is 5.08. The highest BCUT2D eigenvalue weighted by molar-refractivity contribution is 5.07. The van der Waals surface area contributed by atoms with Crippen molar-refractivity contribution in [1.29, 1.82) is 0 Å². The van der Waals surface area contributed by atoms with E-state index in [9.17, 15) is 22.0 Å². The van der Waals surface area contributed by atoms with Crippen LogP contribution in [-0.2, 0) is 9.47 Å². The van der Waals surface area contributed by atoms with Crippen molar-refractivity contribution >= 4 is 0 Å². The molecule has 1 saturated heterocycles. The summed E-state index contributed by atoms with van der Waals surface area (Å²) in [6.07, 6.45) is -2.93. The second kappa shape index (κ2) is 4.80. The minimum atomic E-state index is -5.58. The van der Waals surface area contributed by atoms with E-state index in [-0.39, 0.29) is 19.4 Å². The average Bonchev–Trinajstić information content (AvgIpc) is 2.97. The fourth-order valence-corrected chi connectivity index (χ4v) is 1.43. The molecule has 0 amide bonds. The maximum Gasteiger partial charge on any atom is 0.456 e. The Labute approximate surface area is 95.4 Å². The van der Waals surface area contributed by atoms with E-state index >= 15 is 0 Å². The van der Waals surface area contributed by atoms with Crippen molar-refractivity contribution < 1.29 is 31.4 Å². The molecule has 0 spiro atoms. The largest absolute Gasteiger partial charge is 0.502 e. The van der Waals surface area contributed by atoms with Crippen LogP contribution in [-0.4, -0.2) is 30.9 Å². The van der Waals surface area contributed by atoms with Gasteiger partial charge in [-0.25, -0.2) is 0 Å². The Morgan fingerprint density at radius 2 is 1.88 bits per heavy atom. The molecule has 0 aromatic carbocycles. The third-order valence-corrected chi connectivity index (χ3v) is 2.50. The zero-order chi connectivity index (χ0) is 13.2.